The Morgan fingerprint density at radius 2 is 2.15 bits per heavy atom. The Labute approximate surface area is 120 Å². The van der Waals surface area contributed by atoms with Crippen LogP contribution in [-0.4, -0.2) is 25.6 Å². The highest BCUT2D eigenvalue weighted by Crippen LogP contribution is 2.32. The van der Waals surface area contributed by atoms with Gasteiger partial charge in [0.05, 0.1) is 6.10 Å². The molecule has 2 unspecified atom stereocenters. The smallest absolute Gasteiger partial charge is 0.220 e. The first-order valence-corrected chi connectivity index (χ1v) is 7.44. The second-order valence-corrected chi connectivity index (χ2v) is 5.30. The van der Waals surface area contributed by atoms with Gasteiger partial charge in [0.15, 0.2) is 0 Å². The Morgan fingerprint density at radius 3 is 2.90 bits per heavy atom. The minimum absolute atomic E-state index is 0.0906. The van der Waals surface area contributed by atoms with E-state index in [1.54, 1.807) is 0 Å². The van der Waals surface area contributed by atoms with Gasteiger partial charge >= 0.3 is 0 Å². The van der Waals surface area contributed by atoms with Crippen molar-refractivity contribution in [2.75, 3.05) is 19.7 Å². The maximum Gasteiger partial charge on any atom is 0.220 e. The van der Waals surface area contributed by atoms with Crippen LogP contribution in [0.2, 0.25) is 0 Å². The predicted octanol–water partition coefficient (Wildman–Crippen LogP) is 2.01. The molecule has 0 bridgehead atoms. The van der Waals surface area contributed by atoms with Crippen molar-refractivity contribution in [3.8, 4) is 0 Å². The molecule has 4 heteroatoms. The number of rotatable bonds is 6. The van der Waals surface area contributed by atoms with Crippen molar-refractivity contribution in [3.63, 3.8) is 0 Å². The first-order chi connectivity index (χ1) is 9.81. The quantitative estimate of drug-likeness (QED) is 0.835. The van der Waals surface area contributed by atoms with Crippen LogP contribution in [0.25, 0.3) is 0 Å². The van der Waals surface area contributed by atoms with Gasteiger partial charge in [0.2, 0.25) is 5.91 Å². The van der Waals surface area contributed by atoms with Crippen LogP contribution in [0.15, 0.2) is 30.3 Å². The summed E-state index contributed by atoms with van der Waals surface area (Å²) in [5, 5.41) is 3.01. The van der Waals surface area contributed by atoms with E-state index in [0.29, 0.717) is 25.4 Å². The molecule has 20 heavy (non-hydrogen) atoms. The molecule has 0 aromatic heterocycles. The van der Waals surface area contributed by atoms with Crippen LogP contribution in [0, 0.1) is 5.92 Å². The Balaban J connectivity index is 1.89. The summed E-state index contributed by atoms with van der Waals surface area (Å²) in [6.07, 6.45) is 3.51. The summed E-state index contributed by atoms with van der Waals surface area (Å²) in [6.45, 7) is 2.05. The Hall–Kier alpha value is -1.39. The van der Waals surface area contributed by atoms with Crippen molar-refractivity contribution in [1.29, 1.82) is 0 Å². The molecule has 1 aromatic carbocycles. The molecule has 1 aromatic rings. The van der Waals surface area contributed by atoms with E-state index >= 15 is 0 Å². The number of benzene rings is 1. The van der Waals surface area contributed by atoms with Gasteiger partial charge in [0.25, 0.3) is 0 Å². The normalized spacial score (nSPS) is 22.4. The summed E-state index contributed by atoms with van der Waals surface area (Å²) < 4.78 is 5.92. The summed E-state index contributed by atoms with van der Waals surface area (Å²) in [5.74, 6) is 0.445. The zero-order valence-corrected chi connectivity index (χ0v) is 11.9. The van der Waals surface area contributed by atoms with E-state index in [4.69, 9.17) is 10.5 Å². The molecule has 3 N–H and O–H groups in total. The molecular weight excluding hydrogens is 252 g/mol. The van der Waals surface area contributed by atoms with Crippen LogP contribution in [-0.2, 0) is 9.53 Å². The number of carbonyl (C=O) groups is 1. The Morgan fingerprint density at radius 1 is 1.35 bits per heavy atom. The highest BCUT2D eigenvalue weighted by molar-refractivity contribution is 5.75. The summed E-state index contributed by atoms with van der Waals surface area (Å²) in [6, 6.07) is 10.3. The van der Waals surface area contributed by atoms with E-state index in [0.717, 1.165) is 25.9 Å². The first-order valence-electron chi connectivity index (χ1n) is 7.44. The van der Waals surface area contributed by atoms with E-state index < -0.39 is 0 Å². The summed E-state index contributed by atoms with van der Waals surface area (Å²) in [5.41, 5.74) is 6.62. The van der Waals surface area contributed by atoms with Gasteiger partial charge in [-0.25, -0.2) is 0 Å². The SMILES string of the molecule is NCCCC(=O)NCC1CCCOC1c1ccccc1. The minimum atomic E-state index is 0.0906. The summed E-state index contributed by atoms with van der Waals surface area (Å²) >= 11 is 0. The van der Waals surface area contributed by atoms with E-state index in [1.165, 1.54) is 5.56 Å². The topological polar surface area (TPSA) is 64.4 Å². The molecule has 1 fully saturated rings. The Bertz CT molecular complexity index is 408. The molecule has 1 saturated heterocycles. The number of hydrogen-bond acceptors (Lipinski definition) is 3. The second kappa shape index (κ2) is 8.02. The highest BCUT2D eigenvalue weighted by atomic mass is 16.5. The molecule has 0 saturated carbocycles. The maximum absolute atomic E-state index is 11.7. The fourth-order valence-electron chi connectivity index (χ4n) is 2.66. The van der Waals surface area contributed by atoms with Gasteiger partial charge in [0, 0.05) is 25.5 Å². The number of amides is 1. The van der Waals surface area contributed by atoms with Crippen molar-refractivity contribution >= 4 is 5.91 Å². The van der Waals surface area contributed by atoms with Gasteiger partial charge in [-0.15, -0.1) is 0 Å². The van der Waals surface area contributed by atoms with Gasteiger partial charge in [-0.2, -0.15) is 0 Å². The van der Waals surface area contributed by atoms with Gasteiger partial charge in [0.1, 0.15) is 0 Å². The van der Waals surface area contributed by atoms with E-state index in [9.17, 15) is 4.79 Å². The lowest BCUT2D eigenvalue weighted by molar-refractivity contribution is -0.122. The molecule has 110 valence electrons. The lowest BCUT2D eigenvalue weighted by Crippen LogP contribution is -2.35. The molecule has 2 atom stereocenters. The molecule has 1 aliphatic heterocycles. The highest BCUT2D eigenvalue weighted by Gasteiger charge is 2.27. The third-order valence-corrected chi connectivity index (χ3v) is 3.74. The lowest BCUT2D eigenvalue weighted by atomic mass is 9.89. The number of carbonyl (C=O) groups excluding carboxylic acids is 1. The zero-order chi connectivity index (χ0) is 14.2. The number of hydrogen-bond donors (Lipinski definition) is 2. The molecule has 1 heterocycles. The van der Waals surface area contributed by atoms with Crippen LogP contribution >= 0.6 is 0 Å². The van der Waals surface area contributed by atoms with Gasteiger partial charge in [-0.3, -0.25) is 4.79 Å². The van der Waals surface area contributed by atoms with Crippen molar-refractivity contribution in [3.05, 3.63) is 35.9 Å². The fourth-order valence-corrected chi connectivity index (χ4v) is 2.66. The minimum Gasteiger partial charge on any atom is -0.373 e. The fraction of sp³-hybridized carbons (Fsp3) is 0.562. The Kier molecular flexibility index (Phi) is 6.02. The molecule has 0 aliphatic carbocycles. The first kappa shape index (κ1) is 15.0. The van der Waals surface area contributed by atoms with Crippen LogP contribution in [0.5, 0.6) is 0 Å². The van der Waals surface area contributed by atoms with Crippen LogP contribution in [0.4, 0.5) is 0 Å². The number of ether oxygens (including phenoxy) is 1. The van der Waals surface area contributed by atoms with Crippen LogP contribution in [0.3, 0.4) is 0 Å². The maximum atomic E-state index is 11.7. The second-order valence-electron chi connectivity index (χ2n) is 5.30. The van der Waals surface area contributed by atoms with Crippen molar-refractivity contribution in [2.45, 2.75) is 31.8 Å². The van der Waals surface area contributed by atoms with E-state index in [-0.39, 0.29) is 12.0 Å². The summed E-state index contributed by atoms with van der Waals surface area (Å²) in [4.78, 5) is 11.7. The van der Waals surface area contributed by atoms with Crippen molar-refractivity contribution in [2.24, 2.45) is 11.7 Å². The van der Waals surface area contributed by atoms with E-state index in [1.807, 2.05) is 18.2 Å². The average molecular weight is 276 g/mol. The molecule has 0 spiro atoms. The molecule has 1 amide bonds. The molecular formula is C16H24N2O2. The molecule has 4 nitrogen and oxygen atoms in total. The zero-order valence-electron chi connectivity index (χ0n) is 11.9. The van der Waals surface area contributed by atoms with Crippen LogP contribution < -0.4 is 11.1 Å². The third-order valence-electron chi connectivity index (χ3n) is 3.74. The van der Waals surface area contributed by atoms with Gasteiger partial charge in [-0.1, -0.05) is 30.3 Å². The average Bonchev–Trinajstić information content (AvgIpc) is 2.52. The lowest BCUT2D eigenvalue weighted by Gasteiger charge is -2.32. The molecule has 1 aliphatic rings. The summed E-state index contributed by atoms with van der Waals surface area (Å²) in [7, 11) is 0. The standard InChI is InChI=1S/C16H24N2O2/c17-10-4-9-15(19)18-12-14-8-5-11-20-16(14)13-6-2-1-3-7-13/h1-3,6-7,14,16H,4-5,8-12,17H2,(H,18,19). The predicted molar refractivity (Wildman–Crippen MR) is 79.2 cm³/mol. The third kappa shape index (κ3) is 4.32. The monoisotopic (exact) mass is 276 g/mol. The van der Waals surface area contributed by atoms with Crippen molar-refractivity contribution in [1.82, 2.24) is 5.32 Å². The molecule has 0 radical (unpaired) electrons. The van der Waals surface area contributed by atoms with E-state index in [2.05, 4.69) is 17.4 Å². The van der Waals surface area contributed by atoms with Crippen LogP contribution in [0.1, 0.15) is 37.4 Å². The van der Waals surface area contributed by atoms with Gasteiger partial charge < -0.3 is 15.8 Å². The largest absolute Gasteiger partial charge is 0.373 e. The number of nitrogens with two attached hydrogens (primary N) is 1. The molecule has 2 rings (SSSR count). The number of nitrogens with one attached hydrogen (secondary N) is 1. The van der Waals surface area contributed by atoms with Gasteiger partial charge in [-0.05, 0) is 31.4 Å². The van der Waals surface area contributed by atoms with Crippen molar-refractivity contribution < 1.29 is 9.53 Å².